The van der Waals surface area contributed by atoms with Gasteiger partial charge in [-0.1, -0.05) is 6.92 Å². The first-order chi connectivity index (χ1) is 6.55. The van der Waals surface area contributed by atoms with Crippen molar-refractivity contribution in [2.45, 2.75) is 32.0 Å². The van der Waals surface area contributed by atoms with Crippen molar-refractivity contribution in [1.29, 1.82) is 0 Å². The molecule has 1 aromatic heterocycles. The van der Waals surface area contributed by atoms with E-state index in [1.165, 1.54) is 6.26 Å². The Bertz CT molecular complexity index is 291. The number of aliphatic hydroxyl groups excluding tert-OH is 1. The first kappa shape index (κ1) is 11.8. The van der Waals surface area contributed by atoms with Gasteiger partial charge in [-0.3, -0.25) is 0 Å². The molecule has 80 valence electrons. The molecule has 0 aromatic carbocycles. The van der Waals surface area contributed by atoms with Gasteiger partial charge < -0.3 is 14.3 Å². The van der Waals surface area contributed by atoms with Crippen LogP contribution in [0, 0.1) is 0 Å². The third-order valence-corrected chi connectivity index (χ3v) is 3.29. The molecule has 0 saturated heterocycles. The largest absolute Gasteiger partial charge is 0.465 e. The molecule has 0 aliphatic carbocycles. The molecule has 0 spiro atoms. The van der Waals surface area contributed by atoms with Gasteiger partial charge in [-0.25, -0.2) is 0 Å². The number of hydrogen-bond donors (Lipinski definition) is 1. The minimum atomic E-state index is -0.762. The van der Waals surface area contributed by atoms with Crippen LogP contribution in [0.3, 0.4) is 0 Å². The van der Waals surface area contributed by atoms with Crippen LogP contribution in [0.25, 0.3) is 0 Å². The minimum absolute atomic E-state index is 0.510. The Balaban J connectivity index is 2.94. The van der Waals surface area contributed by atoms with E-state index in [-0.39, 0.29) is 0 Å². The predicted octanol–water partition coefficient (Wildman–Crippen LogP) is 2.89. The van der Waals surface area contributed by atoms with Gasteiger partial charge in [0.2, 0.25) is 0 Å². The van der Waals surface area contributed by atoms with E-state index in [4.69, 9.17) is 9.15 Å². The van der Waals surface area contributed by atoms with Crippen LogP contribution in [0.4, 0.5) is 0 Å². The number of aliphatic hydroxyl groups is 1. The zero-order valence-corrected chi connectivity index (χ0v) is 10.2. The highest BCUT2D eigenvalue weighted by atomic mass is 79.9. The van der Waals surface area contributed by atoms with Gasteiger partial charge in [0.1, 0.15) is 11.9 Å². The summed E-state index contributed by atoms with van der Waals surface area (Å²) in [6, 6.07) is 1.75. The lowest BCUT2D eigenvalue weighted by Crippen LogP contribution is -2.34. The van der Waals surface area contributed by atoms with Crippen molar-refractivity contribution < 1.29 is 14.3 Å². The zero-order chi connectivity index (χ0) is 10.8. The van der Waals surface area contributed by atoms with E-state index in [0.717, 1.165) is 4.47 Å². The number of hydrogen-bond acceptors (Lipinski definition) is 3. The van der Waals surface area contributed by atoms with E-state index in [0.29, 0.717) is 12.2 Å². The number of halogens is 1. The minimum Gasteiger partial charge on any atom is -0.465 e. The predicted molar refractivity (Wildman–Crippen MR) is 57.1 cm³/mol. The molecule has 4 heteroatoms. The summed E-state index contributed by atoms with van der Waals surface area (Å²) in [5.74, 6) is 0.510. The molecule has 0 fully saturated rings. The first-order valence-corrected chi connectivity index (χ1v) is 5.30. The molecule has 0 amide bonds. The Morgan fingerprint density at radius 2 is 2.36 bits per heavy atom. The topological polar surface area (TPSA) is 42.6 Å². The van der Waals surface area contributed by atoms with Crippen LogP contribution in [0.2, 0.25) is 0 Å². The molecule has 0 bridgehead atoms. The Morgan fingerprint density at radius 3 is 2.71 bits per heavy atom. The van der Waals surface area contributed by atoms with Crippen molar-refractivity contribution in [2.75, 3.05) is 7.11 Å². The quantitative estimate of drug-likeness (QED) is 0.908. The van der Waals surface area contributed by atoms with Crippen molar-refractivity contribution in [2.24, 2.45) is 0 Å². The van der Waals surface area contributed by atoms with Gasteiger partial charge in [0.15, 0.2) is 0 Å². The van der Waals surface area contributed by atoms with Gasteiger partial charge >= 0.3 is 0 Å². The summed E-state index contributed by atoms with van der Waals surface area (Å²) in [5, 5.41) is 10.1. The molecule has 1 heterocycles. The maximum atomic E-state index is 10.1. The molecular weight excluding hydrogens is 248 g/mol. The van der Waals surface area contributed by atoms with Gasteiger partial charge in [-0.15, -0.1) is 0 Å². The number of methoxy groups -OCH3 is 1. The van der Waals surface area contributed by atoms with Gasteiger partial charge in [0.05, 0.1) is 16.3 Å². The fourth-order valence-corrected chi connectivity index (χ4v) is 1.65. The normalized spacial score (nSPS) is 17.8. The highest BCUT2D eigenvalue weighted by Gasteiger charge is 2.35. The lowest BCUT2D eigenvalue weighted by atomic mass is 9.94. The molecule has 2 unspecified atom stereocenters. The van der Waals surface area contributed by atoms with Crippen molar-refractivity contribution in [3.63, 3.8) is 0 Å². The van der Waals surface area contributed by atoms with Crippen LogP contribution in [0.5, 0.6) is 0 Å². The molecule has 1 N–H and O–H groups in total. The maximum Gasteiger partial charge on any atom is 0.149 e. The highest BCUT2D eigenvalue weighted by molar-refractivity contribution is 9.10. The van der Waals surface area contributed by atoms with E-state index >= 15 is 0 Å². The molecule has 1 aromatic rings. The first-order valence-electron chi connectivity index (χ1n) is 4.51. The fourth-order valence-electron chi connectivity index (χ4n) is 1.23. The van der Waals surface area contributed by atoms with Crippen molar-refractivity contribution in [3.8, 4) is 0 Å². The molecule has 0 radical (unpaired) electrons. The summed E-state index contributed by atoms with van der Waals surface area (Å²) >= 11 is 3.31. The second kappa shape index (κ2) is 4.47. The van der Waals surface area contributed by atoms with Crippen molar-refractivity contribution in [3.05, 3.63) is 22.6 Å². The van der Waals surface area contributed by atoms with Gasteiger partial charge in [-0.05, 0) is 35.3 Å². The Hall–Kier alpha value is -0.320. The van der Waals surface area contributed by atoms with Crippen LogP contribution in [-0.2, 0) is 4.74 Å². The highest BCUT2D eigenvalue weighted by Crippen LogP contribution is 2.35. The summed E-state index contributed by atoms with van der Waals surface area (Å²) in [4.78, 5) is 0. The van der Waals surface area contributed by atoms with Crippen LogP contribution in [0.15, 0.2) is 21.2 Å². The maximum absolute atomic E-state index is 10.1. The number of rotatable bonds is 4. The van der Waals surface area contributed by atoms with E-state index in [1.54, 1.807) is 13.2 Å². The molecule has 0 aliphatic rings. The average molecular weight is 263 g/mol. The van der Waals surface area contributed by atoms with Crippen LogP contribution in [0.1, 0.15) is 32.1 Å². The number of furan rings is 1. The van der Waals surface area contributed by atoms with Gasteiger partial charge in [0, 0.05) is 7.11 Å². The Kier molecular flexibility index (Phi) is 3.75. The average Bonchev–Trinajstić information content (AvgIpc) is 2.62. The summed E-state index contributed by atoms with van der Waals surface area (Å²) in [6.07, 6.45) is 1.48. The summed E-state index contributed by atoms with van der Waals surface area (Å²) < 4.78 is 11.3. The van der Waals surface area contributed by atoms with Crippen molar-refractivity contribution in [1.82, 2.24) is 0 Å². The second-order valence-electron chi connectivity index (χ2n) is 3.41. The van der Waals surface area contributed by atoms with Crippen molar-refractivity contribution >= 4 is 15.9 Å². The van der Waals surface area contributed by atoms with Crippen LogP contribution in [-0.4, -0.2) is 17.8 Å². The summed E-state index contributed by atoms with van der Waals surface area (Å²) in [7, 11) is 1.59. The third kappa shape index (κ3) is 2.02. The zero-order valence-electron chi connectivity index (χ0n) is 8.58. The molecular formula is C10H15BrO3. The van der Waals surface area contributed by atoms with Crippen LogP contribution >= 0.6 is 15.9 Å². The van der Waals surface area contributed by atoms with Gasteiger partial charge in [-0.2, -0.15) is 0 Å². The van der Waals surface area contributed by atoms with Crippen LogP contribution < -0.4 is 0 Å². The SMILES string of the molecule is CCC(C)(OC)C(O)c1occc1Br. The lowest BCUT2D eigenvalue weighted by Gasteiger charge is -2.30. The summed E-state index contributed by atoms with van der Waals surface area (Å²) in [6.45, 7) is 3.82. The molecule has 3 nitrogen and oxygen atoms in total. The van der Waals surface area contributed by atoms with E-state index in [2.05, 4.69) is 15.9 Å². The molecule has 0 aliphatic heterocycles. The summed E-state index contributed by atoms with van der Waals surface area (Å²) in [5.41, 5.74) is -0.611. The number of ether oxygens (including phenoxy) is 1. The molecule has 2 atom stereocenters. The Labute approximate surface area is 92.2 Å². The monoisotopic (exact) mass is 262 g/mol. The lowest BCUT2D eigenvalue weighted by molar-refractivity contribution is -0.102. The third-order valence-electron chi connectivity index (χ3n) is 2.64. The molecule has 1 rings (SSSR count). The van der Waals surface area contributed by atoms with E-state index in [9.17, 15) is 5.11 Å². The standard InChI is InChI=1S/C10H15BrO3/c1-4-10(2,13-3)9(12)8-7(11)5-6-14-8/h5-6,9,12H,4H2,1-3H3. The Morgan fingerprint density at radius 1 is 1.71 bits per heavy atom. The van der Waals surface area contributed by atoms with E-state index in [1.807, 2.05) is 13.8 Å². The van der Waals surface area contributed by atoms with Gasteiger partial charge in [0.25, 0.3) is 0 Å². The fraction of sp³-hybridized carbons (Fsp3) is 0.600. The molecule has 14 heavy (non-hydrogen) atoms. The molecule has 0 saturated carbocycles. The second-order valence-corrected chi connectivity index (χ2v) is 4.26. The smallest absolute Gasteiger partial charge is 0.149 e. The van der Waals surface area contributed by atoms with E-state index < -0.39 is 11.7 Å².